The van der Waals surface area contributed by atoms with Crippen molar-refractivity contribution >= 4 is 29.8 Å². The van der Waals surface area contributed by atoms with Crippen molar-refractivity contribution in [2.45, 2.75) is 197 Å². The first-order chi connectivity index (χ1) is 33.8. The minimum atomic E-state index is -1.52. The first kappa shape index (κ1) is 49.1. The van der Waals surface area contributed by atoms with Gasteiger partial charge in [0.2, 0.25) is 11.8 Å². The Morgan fingerprint density at radius 3 is 2.32 bits per heavy atom. The summed E-state index contributed by atoms with van der Waals surface area (Å²) in [5.41, 5.74) is 2.29. The molecule has 2 N–H and O–H groups in total. The molecular weight excluding hydrogens is 903 g/mol. The summed E-state index contributed by atoms with van der Waals surface area (Å²) in [6, 6.07) is 14.7. The van der Waals surface area contributed by atoms with Crippen LogP contribution in [0.4, 0.5) is 0 Å². The van der Waals surface area contributed by atoms with Crippen molar-refractivity contribution in [3.63, 3.8) is 0 Å². The predicted octanol–water partition coefficient (Wildman–Crippen LogP) is 7.23. The van der Waals surface area contributed by atoms with Gasteiger partial charge in [-0.3, -0.25) is 24.0 Å². The van der Waals surface area contributed by atoms with E-state index in [-0.39, 0.29) is 61.2 Å². The maximum atomic E-state index is 16.1. The highest BCUT2D eigenvalue weighted by Crippen LogP contribution is 2.65. The number of aliphatic hydroxyl groups is 1. The zero-order chi connectivity index (χ0) is 49.8. The van der Waals surface area contributed by atoms with E-state index in [1.54, 1.807) is 32.9 Å². The summed E-state index contributed by atoms with van der Waals surface area (Å²) in [7, 11) is 1.62. The molecular formula is C57H75N3O11. The van der Waals surface area contributed by atoms with E-state index < -0.39 is 89.7 Å². The van der Waals surface area contributed by atoms with Crippen LogP contribution in [-0.2, 0) is 60.7 Å². The summed E-state index contributed by atoms with van der Waals surface area (Å²) < 4.78 is 32.5. The molecule has 71 heavy (non-hydrogen) atoms. The Bertz CT molecular complexity index is 2420. The molecule has 4 aliphatic heterocycles. The molecule has 0 radical (unpaired) electrons. The third kappa shape index (κ3) is 8.98. The van der Waals surface area contributed by atoms with Crippen molar-refractivity contribution in [1.82, 2.24) is 15.3 Å². The van der Waals surface area contributed by atoms with Crippen LogP contribution < -0.4 is 5.32 Å². The Morgan fingerprint density at radius 1 is 0.930 bits per heavy atom. The SMILES string of the molecule is CN(C(=O)C12CC3OC(=O)C1N(Cc1ccccc1C=C1CCC4OC4(C)CCC4C1CC4(C)C)OC2C1OC(C2CC2)(C2CC2)OC31)C(Cc1ccccc1)C(=O)NC(CO)CCC(=O)OC(C)(C)C. The topological polar surface area (TPSA) is 166 Å². The number of benzene rings is 2. The highest BCUT2D eigenvalue weighted by molar-refractivity contribution is 5.96. The third-order valence-electron chi connectivity index (χ3n) is 18.0. The summed E-state index contributed by atoms with van der Waals surface area (Å²) in [5, 5.41) is 15.1. The van der Waals surface area contributed by atoms with Crippen LogP contribution >= 0.6 is 0 Å². The number of epoxide rings is 1. The molecule has 4 saturated heterocycles. The van der Waals surface area contributed by atoms with Crippen LogP contribution in [0.3, 0.4) is 0 Å². The van der Waals surface area contributed by atoms with Crippen LogP contribution in [0, 0.1) is 34.5 Å². The molecule has 5 saturated carbocycles. The lowest BCUT2D eigenvalue weighted by atomic mass is 9.52. The number of hydrogen-bond donors (Lipinski definition) is 2. The minimum absolute atomic E-state index is 0.0215. The zero-order valence-electron chi connectivity index (χ0n) is 42.7. The van der Waals surface area contributed by atoms with E-state index in [1.165, 1.54) is 10.5 Å². The van der Waals surface area contributed by atoms with Gasteiger partial charge in [0.25, 0.3) is 0 Å². The first-order valence-electron chi connectivity index (χ1n) is 26.7. The molecule has 4 heterocycles. The number of esters is 2. The van der Waals surface area contributed by atoms with Crippen LogP contribution in [0.2, 0.25) is 0 Å². The molecule has 2 amide bonds. The van der Waals surface area contributed by atoms with Crippen molar-refractivity contribution in [3.05, 3.63) is 76.9 Å². The fourth-order valence-electron chi connectivity index (χ4n) is 13.9. The van der Waals surface area contributed by atoms with Gasteiger partial charge in [-0.25, -0.2) is 0 Å². The number of hydroxylamine groups is 2. The largest absolute Gasteiger partial charge is 0.460 e. The summed E-state index contributed by atoms with van der Waals surface area (Å²) >= 11 is 0. The van der Waals surface area contributed by atoms with Crippen molar-refractivity contribution in [1.29, 1.82) is 0 Å². The second kappa shape index (κ2) is 18.0. The Morgan fingerprint density at radius 2 is 1.63 bits per heavy atom. The number of ether oxygens (including phenoxy) is 5. The standard InChI is InChI=1S/C57H75N3O11/c1-53(2,3)68-45(62)24-22-39(32-61)58-50(63)42(27-33-13-9-8-10-14-33)59(7)52(65)56-30-43-46-47(70-57(69-46,37-18-19-37)38-20-21-38)49(56)71-60(48(56)51(64)66-43)31-36-16-12-11-15-34(36)28-35-17-23-44-55(6,67-44)26-25-41-40(35)29-54(41,4)5/h8-16,28,37-44,46-49,61H,17-27,29-32H2,1-7H3,(H,58,63). The molecule has 5 aliphatic carbocycles. The molecule has 12 unspecified atom stereocenters. The van der Waals surface area contributed by atoms with E-state index >= 15 is 4.79 Å². The summed E-state index contributed by atoms with van der Waals surface area (Å²) in [5.74, 6) is -1.27. The predicted molar refractivity (Wildman–Crippen MR) is 261 cm³/mol. The molecule has 9 aliphatic rings. The maximum Gasteiger partial charge on any atom is 0.327 e. The van der Waals surface area contributed by atoms with E-state index in [0.29, 0.717) is 11.8 Å². The van der Waals surface area contributed by atoms with Gasteiger partial charge in [0.05, 0.1) is 30.9 Å². The third-order valence-corrected chi connectivity index (χ3v) is 18.0. The van der Waals surface area contributed by atoms with Crippen LogP contribution in [0.5, 0.6) is 0 Å². The van der Waals surface area contributed by atoms with Crippen molar-refractivity contribution < 1.29 is 52.8 Å². The van der Waals surface area contributed by atoms with Gasteiger partial charge >= 0.3 is 11.9 Å². The van der Waals surface area contributed by atoms with Gasteiger partial charge in [-0.1, -0.05) is 80.1 Å². The van der Waals surface area contributed by atoms with Crippen LogP contribution in [0.1, 0.15) is 135 Å². The Hall–Kier alpha value is -4.18. The smallest absolute Gasteiger partial charge is 0.327 e. The molecule has 384 valence electrons. The lowest BCUT2D eigenvalue weighted by molar-refractivity contribution is -0.235. The summed E-state index contributed by atoms with van der Waals surface area (Å²) in [6.07, 6.45) is 9.23. The fourth-order valence-corrected chi connectivity index (χ4v) is 13.9. The number of hydrogen-bond acceptors (Lipinski definition) is 12. The number of aliphatic hydroxyl groups excluding tert-OH is 1. The van der Waals surface area contributed by atoms with Crippen molar-refractivity contribution in [3.8, 4) is 0 Å². The van der Waals surface area contributed by atoms with Gasteiger partial charge in [0, 0.05) is 38.1 Å². The van der Waals surface area contributed by atoms with Gasteiger partial charge in [0.1, 0.15) is 41.5 Å². The summed E-state index contributed by atoms with van der Waals surface area (Å²) in [6.45, 7) is 12.2. The maximum absolute atomic E-state index is 16.1. The molecule has 2 aromatic rings. The minimum Gasteiger partial charge on any atom is -0.460 e. The fraction of sp³-hybridized carbons (Fsp3) is 0.684. The number of amides is 2. The van der Waals surface area contributed by atoms with Gasteiger partial charge < -0.3 is 39.0 Å². The van der Waals surface area contributed by atoms with E-state index in [0.717, 1.165) is 74.5 Å². The Balaban J connectivity index is 0.929. The second-order valence-corrected chi connectivity index (χ2v) is 24.6. The normalized spacial score (nSPS) is 35.8. The Kier molecular flexibility index (Phi) is 12.5. The molecule has 0 aromatic heterocycles. The zero-order valence-corrected chi connectivity index (χ0v) is 42.7. The monoisotopic (exact) mass is 978 g/mol. The highest BCUT2D eigenvalue weighted by atomic mass is 16.8. The number of nitrogens with one attached hydrogen (secondary N) is 1. The molecule has 2 aromatic carbocycles. The van der Waals surface area contributed by atoms with E-state index in [2.05, 4.69) is 50.4 Å². The van der Waals surface area contributed by atoms with Crippen LogP contribution in [0.25, 0.3) is 6.08 Å². The quantitative estimate of drug-likeness (QED) is 0.136. The Labute approximate surface area is 418 Å². The molecule has 14 nitrogen and oxygen atoms in total. The summed E-state index contributed by atoms with van der Waals surface area (Å²) in [4.78, 5) is 67.1. The number of nitrogens with zero attached hydrogens (tertiary/aromatic N) is 2. The number of fused-ring (bicyclic) bond motifs is 6. The van der Waals surface area contributed by atoms with Gasteiger partial charge in [-0.05, 0) is 126 Å². The van der Waals surface area contributed by atoms with E-state index in [4.69, 9.17) is 28.5 Å². The number of allylic oxidation sites excluding steroid dienone is 1. The second-order valence-electron chi connectivity index (χ2n) is 24.6. The van der Waals surface area contributed by atoms with Gasteiger partial charge in [-0.15, -0.1) is 0 Å². The molecule has 11 rings (SSSR count). The first-order valence-corrected chi connectivity index (χ1v) is 26.7. The average Bonchev–Trinajstić information content (AvgIpc) is 4.28. The molecule has 12 atom stereocenters. The van der Waals surface area contributed by atoms with E-state index in [1.807, 2.05) is 36.4 Å². The number of carbonyl (C=O) groups is 4. The van der Waals surface area contributed by atoms with Gasteiger partial charge in [0.15, 0.2) is 11.8 Å². The highest BCUT2D eigenvalue weighted by Gasteiger charge is 2.78. The molecule has 2 bridgehead atoms. The lowest BCUT2D eigenvalue weighted by Crippen LogP contribution is -2.70. The van der Waals surface area contributed by atoms with Crippen LogP contribution in [-0.4, -0.2) is 118 Å². The lowest BCUT2D eigenvalue weighted by Gasteiger charge is -2.53. The number of rotatable bonds is 15. The van der Waals surface area contributed by atoms with Gasteiger partial charge in [-0.2, -0.15) is 5.06 Å². The van der Waals surface area contributed by atoms with Crippen molar-refractivity contribution in [2.24, 2.45) is 34.5 Å². The molecule has 0 spiro atoms. The average molecular weight is 978 g/mol. The van der Waals surface area contributed by atoms with Crippen LogP contribution in [0.15, 0.2) is 60.2 Å². The molecule has 14 heteroatoms. The van der Waals surface area contributed by atoms with E-state index in [9.17, 15) is 19.5 Å². The molecule has 9 fully saturated rings. The number of likely N-dealkylation sites (N-methyl/N-ethyl adjacent to an activating group) is 1. The number of carbonyl (C=O) groups excluding carboxylic acids is 4. The van der Waals surface area contributed by atoms with Crippen molar-refractivity contribution in [2.75, 3.05) is 13.7 Å².